The molecule has 1 heterocycles. The molecule has 0 aliphatic rings. The fourth-order valence-corrected chi connectivity index (χ4v) is 1.49. The second kappa shape index (κ2) is 5.50. The fraction of sp³-hybridized carbons (Fsp3) is 0.600. The molecule has 6 heteroatoms. The van der Waals surface area contributed by atoms with Crippen molar-refractivity contribution in [2.24, 2.45) is 0 Å². The van der Waals surface area contributed by atoms with Crippen LogP contribution in [0.4, 0.5) is 0 Å². The molecule has 1 aromatic rings. The maximum absolute atomic E-state index is 11.4. The van der Waals surface area contributed by atoms with Gasteiger partial charge in [-0.15, -0.1) is 0 Å². The zero-order valence-electron chi connectivity index (χ0n) is 9.45. The highest BCUT2D eigenvalue weighted by atomic mass is 16.5. The standard InChI is InChI=1S/C10H16N2O4/c1-3-7-8(13)11-10(15)12(9(7)14)5-4-6-16-2/h14H,3-6H2,1-2H3,(H,11,13,15). The van der Waals surface area contributed by atoms with Crippen molar-refractivity contribution in [2.75, 3.05) is 13.7 Å². The van der Waals surface area contributed by atoms with Gasteiger partial charge in [-0.05, 0) is 12.8 Å². The van der Waals surface area contributed by atoms with Gasteiger partial charge in [-0.1, -0.05) is 6.92 Å². The van der Waals surface area contributed by atoms with Gasteiger partial charge in [0.2, 0.25) is 5.88 Å². The number of ether oxygens (including phenoxy) is 1. The number of methoxy groups -OCH3 is 1. The average molecular weight is 228 g/mol. The van der Waals surface area contributed by atoms with Crippen molar-refractivity contribution in [1.82, 2.24) is 9.55 Å². The normalized spacial score (nSPS) is 10.6. The summed E-state index contributed by atoms with van der Waals surface area (Å²) in [7, 11) is 1.56. The van der Waals surface area contributed by atoms with Gasteiger partial charge in [0.15, 0.2) is 0 Å². The summed E-state index contributed by atoms with van der Waals surface area (Å²) in [6.07, 6.45) is 0.977. The van der Waals surface area contributed by atoms with Crippen molar-refractivity contribution >= 4 is 0 Å². The molecule has 90 valence electrons. The number of aromatic nitrogens is 2. The summed E-state index contributed by atoms with van der Waals surface area (Å²) >= 11 is 0. The minimum Gasteiger partial charge on any atom is -0.494 e. The fourth-order valence-electron chi connectivity index (χ4n) is 1.49. The first-order valence-corrected chi connectivity index (χ1v) is 5.15. The molecule has 1 aromatic heterocycles. The molecule has 0 aliphatic heterocycles. The van der Waals surface area contributed by atoms with Crippen LogP contribution in [0.5, 0.6) is 5.88 Å². The lowest BCUT2D eigenvalue weighted by atomic mass is 10.2. The van der Waals surface area contributed by atoms with E-state index in [9.17, 15) is 14.7 Å². The minimum atomic E-state index is -0.587. The predicted octanol–water partition coefficient (Wildman–Crippen LogP) is -0.159. The van der Waals surface area contributed by atoms with E-state index in [-0.39, 0.29) is 11.4 Å². The number of aromatic amines is 1. The van der Waals surface area contributed by atoms with Gasteiger partial charge in [0.1, 0.15) is 0 Å². The third kappa shape index (κ3) is 2.52. The van der Waals surface area contributed by atoms with Crippen molar-refractivity contribution in [3.05, 3.63) is 26.4 Å². The van der Waals surface area contributed by atoms with Gasteiger partial charge in [-0.2, -0.15) is 0 Å². The van der Waals surface area contributed by atoms with Crippen LogP contribution in [0.25, 0.3) is 0 Å². The molecular weight excluding hydrogens is 212 g/mol. The predicted molar refractivity (Wildman–Crippen MR) is 58.9 cm³/mol. The lowest BCUT2D eigenvalue weighted by Crippen LogP contribution is -2.32. The summed E-state index contributed by atoms with van der Waals surface area (Å²) in [5.74, 6) is -0.243. The third-order valence-corrected chi connectivity index (χ3v) is 2.35. The Kier molecular flexibility index (Phi) is 4.30. The van der Waals surface area contributed by atoms with E-state index in [4.69, 9.17) is 4.74 Å². The smallest absolute Gasteiger partial charge is 0.331 e. The van der Waals surface area contributed by atoms with E-state index in [2.05, 4.69) is 4.98 Å². The van der Waals surface area contributed by atoms with Gasteiger partial charge in [-0.3, -0.25) is 14.3 Å². The molecule has 0 fully saturated rings. The van der Waals surface area contributed by atoms with E-state index < -0.39 is 11.2 Å². The summed E-state index contributed by atoms with van der Waals surface area (Å²) in [4.78, 5) is 24.9. The van der Waals surface area contributed by atoms with Crippen LogP contribution in [0.15, 0.2) is 9.59 Å². The number of aromatic hydroxyl groups is 1. The Morgan fingerprint density at radius 2 is 2.12 bits per heavy atom. The average Bonchev–Trinajstić information content (AvgIpc) is 2.23. The van der Waals surface area contributed by atoms with Crippen LogP contribution in [0.2, 0.25) is 0 Å². The quantitative estimate of drug-likeness (QED) is 0.686. The molecule has 0 spiro atoms. The summed E-state index contributed by atoms with van der Waals surface area (Å²) in [6.45, 7) is 2.56. The van der Waals surface area contributed by atoms with Gasteiger partial charge in [0, 0.05) is 20.3 Å². The number of rotatable bonds is 5. The van der Waals surface area contributed by atoms with Crippen molar-refractivity contribution in [3.63, 3.8) is 0 Å². The third-order valence-electron chi connectivity index (χ3n) is 2.35. The van der Waals surface area contributed by atoms with Crippen molar-refractivity contribution in [3.8, 4) is 5.88 Å². The Morgan fingerprint density at radius 1 is 1.44 bits per heavy atom. The van der Waals surface area contributed by atoms with E-state index in [1.165, 1.54) is 0 Å². The molecule has 0 saturated carbocycles. The molecule has 0 atom stereocenters. The molecule has 0 unspecified atom stereocenters. The molecule has 0 aliphatic carbocycles. The summed E-state index contributed by atoms with van der Waals surface area (Å²) in [5.41, 5.74) is -0.874. The van der Waals surface area contributed by atoms with Crippen LogP contribution in [0.1, 0.15) is 18.9 Å². The van der Waals surface area contributed by atoms with Crippen LogP contribution in [0, 0.1) is 0 Å². The zero-order chi connectivity index (χ0) is 12.1. The number of H-pyrrole nitrogens is 1. The SMILES string of the molecule is CCc1c(O)n(CCCOC)c(=O)[nH]c1=O. The van der Waals surface area contributed by atoms with E-state index in [0.29, 0.717) is 26.0 Å². The second-order valence-corrected chi connectivity index (χ2v) is 3.41. The van der Waals surface area contributed by atoms with Gasteiger partial charge in [0.25, 0.3) is 5.56 Å². The summed E-state index contributed by atoms with van der Waals surface area (Å²) in [5, 5.41) is 9.75. The van der Waals surface area contributed by atoms with Gasteiger partial charge in [-0.25, -0.2) is 4.79 Å². The highest BCUT2D eigenvalue weighted by Crippen LogP contribution is 2.10. The molecule has 0 saturated heterocycles. The first-order valence-electron chi connectivity index (χ1n) is 5.15. The van der Waals surface area contributed by atoms with Crippen LogP contribution in [-0.4, -0.2) is 28.4 Å². The number of nitrogens with zero attached hydrogens (tertiary/aromatic N) is 1. The Bertz CT molecular complexity index is 461. The maximum Gasteiger partial charge on any atom is 0.331 e. The Morgan fingerprint density at radius 3 is 2.69 bits per heavy atom. The lowest BCUT2D eigenvalue weighted by Gasteiger charge is -2.09. The van der Waals surface area contributed by atoms with Gasteiger partial charge < -0.3 is 9.84 Å². The minimum absolute atomic E-state index is 0.233. The lowest BCUT2D eigenvalue weighted by molar-refractivity contribution is 0.188. The molecule has 6 nitrogen and oxygen atoms in total. The molecule has 0 radical (unpaired) electrons. The van der Waals surface area contributed by atoms with Crippen LogP contribution >= 0.6 is 0 Å². The molecule has 0 amide bonds. The Balaban J connectivity index is 3.08. The molecule has 1 rings (SSSR count). The highest BCUT2D eigenvalue weighted by Gasteiger charge is 2.11. The molecule has 0 bridgehead atoms. The van der Waals surface area contributed by atoms with Crippen molar-refractivity contribution in [2.45, 2.75) is 26.3 Å². The van der Waals surface area contributed by atoms with Crippen LogP contribution in [0.3, 0.4) is 0 Å². The topological polar surface area (TPSA) is 84.3 Å². The largest absolute Gasteiger partial charge is 0.494 e. The summed E-state index contributed by atoms with van der Waals surface area (Å²) in [6, 6.07) is 0. The summed E-state index contributed by atoms with van der Waals surface area (Å²) < 4.78 is 6.01. The van der Waals surface area contributed by atoms with Gasteiger partial charge in [0.05, 0.1) is 5.56 Å². The zero-order valence-corrected chi connectivity index (χ0v) is 9.45. The molecule has 0 aromatic carbocycles. The van der Waals surface area contributed by atoms with Gasteiger partial charge >= 0.3 is 5.69 Å². The Hall–Kier alpha value is -1.56. The van der Waals surface area contributed by atoms with Crippen molar-refractivity contribution < 1.29 is 9.84 Å². The van der Waals surface area contributed by atoms with Crippen LogP contribution < -0.4 is 11.2 Å². The van der Waals surface area contributed by atoms with E-state index in [0.717, 1.165) is 4.57 Å². The monoisotopic (exact) mass is 228 g/mol. The highest BCUT2D eigenvalue weighted by molar-refractivity contribution is 5.22. The van der Waals surface area contributed by atoms with Crippen molar-refractivity contribution in [1.29, 1.82) is 0 Å². The van der Waals surface area contributed by atoms with E-state index >= 15 is 0 Å². The number of hydrogen-bond acceptors (Lipinski definition) is 4. The molecule has 16 heavy (non-hydrogen) atoms. The number of nitrogens with one attached hydrogen (secondary N) is 1. The Labute approximate surface area is 92.5 Å². The number of hydrogen-bond donors (Lipinski definition) is 2. The maximum atomic E-state index is 11.4. The van der Waals surface area contributed by atoms with Crippen LogP contribution in [-0.2, 0) is 17.7 Å². The van der Waals surface area contributed by atoms with E-state index in [1.807, 2.05) is 0 Å². The van der Waals surface area contributed by atoms with E-state index in [1.54, 1.807) is 14.0 Å². The molecular formula is C10H16N2O4. The second-order valence-electron chi connectivity index (χ2n) is 3.41. The first kappa shape index (κ1) is 12.5. The first-order chi connectivity index (χ1) is 7.61. The molecule has 2 N–H and O–H groups in total.